The van der Waals surface area contributed by atoms with Crippen LogP contribution >= 0.6 is 0 Å². The van der Waals surface area contributed by atoms with Gasteiger partial charge >= 0.3 is 0 Å². The number of hydrogen-bond acceptors (Lipinski definition) is 4. The Labute approximate surface area is 109 Å². The lowest BCUT2D eigenvalue weighted by Gasteiger charge is -2.33. The summed E-state index contributed by atoms with van der Waals surface area (Å²) in [6.45, 7) is 6.33. The van der Waals surface area contributed by atoms with Crippen LogP contribution in [0.4, 0.5) is 0 Å². The Morgan fingerprint density at radius 3 is 2.78 bits per heavy atom. The van der Waals surface area contributed by atoms with Crippen LogP contribution in [0.25, 0.3) is 0 Å². The number of hydrogen-bond donors (Lipinski definition) is 2. The normalized spacial score (nSPS) is 26.0. The zero-order chi connectivity index (χ0) is 13.1. The van der Waals surface area contributed by atoms with Gasteiger partial charge in [-0.2, -0.15) is 10.2 Å². The van der Waals surface area contributed by atoms with Crippen LogP contribution in [0.2, 0.25) is 0 Å². The molecule has 4 nitrogen and oxygen atoms in total. The second kappa shape index (κ2) is 5.76. The first kappa shape index (κ1) is 13.4. The molecule has 1 aliphatic rings. The van der Waals surface area contributed by atoms with Crippen LogP contribution in [0.1, 0.15) is 55.6 Å². The molecule has 0 radical (unpaired) electrons. The highest BCUT2D eigenvalue weighted by Crippen LogP contribution is 2.37. The van der Waals surface area contributed by atoms with E-state index in [1.807, 2.05) is 13.8 Å². The number of rotatable bonds is 3. The topological polar surface area (TPSA) is 63.8 Å². The average Bonchev–Trinajstić information content (AvgIpc) is 2.35. The highest BCUT2D eigenvalue weighted by Gasteiger charge is 2.28. The molecule has 0 bridgehead atoms. The van der Waals surface area contributed by atoms with E-state index in [1.54, 1.807) is 0 Å². The van der Waals surface area contributed by atoms with E-state index in [0.29, 0.717) is 5.92 Å². The Bertz CT molecular complexity index is 405. The fourth-order valence-electron chi connectivity index (χ4n) is 3.15. The number of aryl methyl sites for hydroxylation is 2. The minimum Gasteiger partial charge on any atom is -0.271 e. The second-order valence-electron chi connectivity index (χ2n) is 5.70. The fourth-order valence-corrected chi connectivity index (χ4v) is 3.15. The Kier molecular flexibility index (Phi) is 4.30. The van der Waals surface area contributed by atoms with Crippen molar-refractivity contribution in [2.45, 2.75) is 52.5 Å². The highest BCUT2D eigenvalue weighted by atomic mass is 15.2. The standard InChI is InChI=1S/C14H24N4/c1-9-5-4-6-12(7-9)14(16-15)13-8-10(2)17-18-11(13)3/h8-9,12,14,16H,4-7,15H2,1-3H3. The molecular formula is C14H24N4. The Balaban J connectivity index is 2.24. The van der Waals surface area contributed by atoms with Crippen LogP contribution in [0.3, 0.4) is 0 Å². The van der Waals surface area contributed by atoms with E-state index in [1.165, 1.54) is 31.2 Å². The van der Waals surface area contributed by atoms with Crippen molar-refractivity contribution in [3.05, 3.63) is 23.0 Å². The number of nitrogens with one attached hydrogen (secondary N) is 1. The summed E-state index contributed by atoms with van der Waals surface area (Å²) >= 11 is 0. The van der Waals surface area contributed by atoms with Crippen LogP contribution in [-0.4, -0.2) is 10.2 Å². The first-order valence-corrected chi connectivity index (χ1v) is 6.88. The molecule has 3 N–H and O–H groups in total. The number of nitrogens with zero attached hydrogens (tertiary/aromatic N) is 2. The maximum atomic E-state index is 5.80. The zero-order valence-electron chi connectivity index (χ0n) is 11.6. The van der Waals surface area contributed by atoms with Crippen LogP contribution in [0.15, 0.2) is 6.07 Å². The summed E-state index contributed by atoms with van der Waals surface area (Å²) in [6, 6.07) is 2.33. The molecule has 100 valence electrons. The zero-order valence-corrected chi connectivity index (χ0v) is 11.6. The molecular weight excluding hydrogens is 224 g/mol. The van der Waals surface area contributed by atoms with Gasteiger partial charge in [0.15, 0.2) is 0 Å². The number of nitrogens with two attached hydrogens (primary N) is 1. The third kappa shape index (κ3) is 2.87. The monoisotopic (exact) mass is 248 g/mol. The Hall–Kier alpha value is -1.00. The van der Waals surface area contributed by atoms with Gasteiger partial charge in [-0.3, -0.25) is 11.3 Å². The summed E-state index contributed by atoms with van der Waals surface area (Å²) in [5.74, 6) is 7.22. The molecule has 1 aliphatic carbocycles. The third-order valence-electron chi connectivity index (χ3n) is 4.10. The van der Waals surface area contributed by atoms with Crippen molar-refractivity contribution in [3.8, 4) is 0 Å². The van der Waals surface area contributed by atoms with Crippen molar-refractivity contribution in [2.75, 3.05) is 0 Å². The number of aromatic nitrogens is 2. The molecule has 1 saturated carbocycles. The van der Waals surface area contributed by atoms with Crippen LogP contribution in [0, 0.1) is 25.7 Å². The van der Waals surface area contributed by atoms with Gasteiger partial charge in [-0.15, -0.1) is 0 Å². The first-order chi connectivity index (χ1) is 8.61. The third-order valence-corrected chi connectivity index (χ3v) is 4.10. The van der Waals surface area contributed by atoms with E-state index in [9.17, 15) is 0 Å². The van der Waals surface area contributed by atoms with Crippen molar-refractivity contribution in [3.63, 3.8) is 0 Å². The molecule has 3 unspecified atom stereocenters. The summed E-state index contributed by atoms with van der Waals surface area (Å²) < 4.78 is 0. The van der Waals surface area contributed by atoms with Crippen LogP contribution < -0.4 is 11.3 Å². The lowest BCUT2D eigenvalue weighted by Crippen LogP contribution is -2.36. The van der Waals surface area contributed by atoms with E-state index in [-0.39, 0.29) is 6.04 Å². The summed E-state index contributed by atoms with van der Waals surface area (Å²) in [7, 11) is 0. The summed E-state index contributed by atoms with van der Waals surface area (Å²) in [4.78, 5) is 0. The molecule has 2 rings (SSSR count). The summed E-state index contributed by atoms with van der Waals surface area (Å²) in [5, 5.41) is 8.31. The first-order valence-electron chi connectivity index (χ1n) is 6.88. The molecule has 0 saturated heterocycles. The Morgan fingerprint density at radius 1 is 1.33 bits per heavy atom. The van der Waals surface area contributed by atoms with Crippen LogP contribution in [-0.2, 0) is 0 Å². The molecule has 4 heteroatoms. The van der Waals surface area contributed by atoms with Crippen molar-refractivity contribution < 1.29 is 0 Å². The average molecular weight is 248 g/mol. The largest absolute Gasteiger partial charge is 0.271 e. The quantitative estimate of drug-likeness (QED) is 0.637. The van der Waals surface area contributed by atoms with Gasteiger partial charge in [-0.1, -0.05) is 19.8 Å². The molecule has 0 amide bonds. The van der Waals surface area contributed by atoms with Crippen LogP contribution in [0.5, 0.6) is 0 Å². The van der Waals surface area contributed by atoms with E-state index in [2.05, 4.69) is 28.6 Å². The maximum Gasteiger partial charge on any atom is 0.0648 e. The molecule has 1 aromatic rings. The smallest absolute Gasteiger partial charge is 0.0648 e. The van der Waals surface area contributed by atoms with E-state index >= 15 is 0 Å². The maximum absolute atomic E-state index is 5.80. The minimum atomic E-state index is 0.210. The van der Waals surface area contributed by atoms with Gasteiger partial charge in [-0.05, 0) is 50.2 Å². The molecule has 0 aromatic carbocycles. The molecule has 0 aliphatic heterocycles. The van der Waals surface area contributed by atoms with Crippen molar-refractivity contribution in [1.82, 2.24) is 15.6 Å². The van der Waals surface area contributed by atoms with Crippen molar-refractivity contribution in [2.24, 2.45) is 17.7 Å². The van der Waals surface area contributed by atoms with Gasteiger partial charge in [0.2, 0.25) is 0 Å². The van der Waals surface area contributed by atoms with E-state index in [4.69, 9.17) is 5.84 Å². The van der Waals surface area contributed by atoms with Gasteiger partial charge in [0.05, 0.1) is 17.4 Å². The SMILES string of the molecule is Cc1cc(C(NN)C2CCCC(C)C2)c(C)nn1. The lowest BCUT2D eigenvalue weighted by atomic mass is 9.76. The van der Waals surface area contributed by atoms with Gasteiger partial charge < -0.3 is 0 Å². The van der Waals surface area contributed by atoms with Gasteiger partial charge in [0, 0.05) is 0 Å². The Morgan fingerprint density at radius 2 is 2.11 bits per heavy atom. The summed E-state index contributed by atoms with van der Waals surface area (Å²) in [6.07, 6.45) is 5.15. The molecule has 0 spiro atoms. The lowest BCUT2D eigenvalue weighted by molar-refractivity contribution is 0.223. The predicted octanol–water partition coefficient (Wildman–Crippen LogP) is 2.42. The predicted molar refractivity (Wildman–Crippen MR) is 72.7 cm³/mol. The highest BCUT2D eigenvalue weighted by molar-refractivity contribution is 5.24. The number of hydrazine groups is 1. The van der Waals surface area contributed by atoms with E-state index in [0.717, 1.165) is 17.3 Å². The molecule has 1 fully saturated rings. The van der Waals surface area contributed by atoms with Gasteiger partial charge in [0.1, 0.15) is 0 Å². The second-order valence-corrected chi connectivity index (χ2v) is 5.70. The molecule has 1 aromatic heterocycles. The fraction of sp³-hybridized carbons (Fsp3) is 0.714. The summed E-state index contributed by atoms with van der Waals surface area (Å²) in [5.41, 5.74) is 6.17. The minimum absolute atomic E-state index is 0.210. The van der Waals surface area contributed by atoms with Gasteiger partial charge in [0.25, 0.3) is 0 Å². The van der Waals surface area contributed by atoms with Gasteiger partial charge in [-0.25, -0.2) is 0 Å². The van der Waals surface area contributed by atoms with Crippen molar-refractivity contribution in [1.29, 1.82) is 0 Å². The molecule has 18 heavy (non-hydrogen) atoms. The van der Waals surface area contributed by atoms with E-state index < -0.39 is 0 Å². The molecule has 1 heterocycles. The van der Waals surface area contributed by atoms with Crippen molar-refractivity contribution >= 4 is 0 Å². The molecule has 3 atom stereocenters.